The second-order valence-electron chi connectivity index (χ2n) is 15.4. The molecule has 2 N–H and O–H groups in total. The van der Waals surface area contributed by atoms with E-state index in [1.165, 1.54) is 167 Å². The van der Waals surface area contributed by atoms with E-state index in [0.717, 1.165) is 47.5 Å². The maximum Gasteiger partial charge on any atom is 0.303 e. The van der Waals surface area contributed by atoms with Gasteiger partial charge >= 0.3 is 11.9 Å². The average molecular weight is 804 g/mol. The molecule has 0 saturated heterocycles. The van der Waals surface area contributed by atoms with Crippen LogP contribution in [0.4, 0.5) is 0 Å². The number of aliphatic carboxylic acids is 2. The second-order valence-corrected chi connectivity index (χ2v) is 15.4. The van der Waals surface area contributed by atoms with Crippen LogP contribution in [-0.2, 0) is 26.7 Å². The van der Waals surface area contributed by atoms with Crippen molar-refractivity contribution in [1.82, 2.24) is 9.97 Å². The third-order valence-electron chi connectivity index (χ3n) is 10.3. The normalized spacial score (nSPS) is 10.7. The van der Waals surface area contributed by atoms with Gasteiger partial charge in [0.05, 0.1) is 11.0 Å². The van der Waals surface area contributed by atoms with Crippen molar-refractivity contribution in [3.05, 3.63) is 48.8 Å². The van der Waals surface area contributed by atoms with Crippen molar-refractivity contribution in [2.45, 2.75) is 219 Å². The van der Waals surface area contributed by atoms with Crippen molar-refractivity contribution in [1.29, 1.82) is 0 Å². The number of rotatable bonds is 32. The van der Waals surface area contributed by atoms with Gasteiger partial charge in [-0.2, -0.15) is 0 Å². The van der Waals surface area contributed by atoms with Gasteiger partial charge in [0.2, 0.25) is 0 Å². The Morgan fingerprint density at radius 1 is 0.400 bits per heavy atom. The van der Waals surface area contributed by atoms with Crippen LogP contribution in [0.2, 0.25) is 0 Å². The quantitative estimate of drug-likeness (QED) is 0.0370. The fourth-order valence-electron chi connectivity index (χ4n) is 6.97. The molecule has 0 spiro atoms. The summed E-state index contributed by atoms with van der Waals surface area (Å²) < 4.78 is 0. The minimum atomic E-state index is -0.653. The Labute approximate surface area is 347 Å². The number of pyridine rings is 2. The van der Waals surface area contributed by atoms with E-state index < -0.39 is 11.9 Å². The molecule has 0 amide bonds. The van der Waals surface area contributed by atoms with E-state index in [9.17, 15) is 9.59 Å². The Morgan fingerprint density at radius 3 is 0.873 bits per heavy atom. The summed E-state index contributed by atoms with van der Waals surface area (Å²) in [6.07, 6.45) is 44.0. The zero-order valence-electron chi connectivity index (χ0n) is 35.2. The molecule has 6 nitrogen and oxygen atoms in total. The van der Waals surface area contributed by atoms with Crippen LogP contribution >= 0.6 is 0 Å². The number of hydrogen-bond donors (Lipinski definition) is 2. The number of benzene rings is 1. The molecule has 0 bridgehead atoms. The van der Waals surface area contributed by atoms with Crippen LogP contribution in [0.25, 0.3) is 21.8 Å². The molecule has 0 aliphatic rings. The van der Waals surface area contributed by atoms with Crippen LogP contribution in [0.15, 0.2) is 48.8 Å². The number of carboxylic acid groups (broad SMARTS) is 2. The van der Waals surface area contributed by atoms with Gasteiger partial charge in [0, 0.05) is 53.1 Å². The van der Waals surface area contributed by atoms with E-state index >= 15 is 0 Å². The van der Waals surface area contributed by atoms with Crippen molar-refractivity contribution >= 4 is 33.7 Å². The molecule has 313 valence electrons. The summed E-state index contributed by atoms with van der Waals surface area (Å²) in [5.41, 5.74) is 1.95. The fraction of sp³-hybridized carbons (Fsp3) is 0.708. The molecule has 0 saturated carbocycles. The summed E-state index contributed by atoms with van der Waals surface area (Å²) in [5, 5.41) is 19.3. The second kappa shape index (κ2) is 39.7. The van der Waals surface area contributed by atoms with Gasteiger partial charge in [0.15, 0.2) is 0 Å². The summed E-state index contributed by atoms with van der Waals surface area (Å²) in [4.78, 5) is 29.4. The van der Waals surface area contributed by atoms with Crippen LogP contribution in [-0.4, -0.2) is 32.1 Å². The third kappa shape index (κ3) is 32.3. The summed E-state index contributed by atoms with van der Waals surface area (Å²) in [7, 11) is 0. The van der Waals surface area contributed by atoms with Crippen LogP contribution in [0.1, 0.15) is 219 Å². The Bertz CT molecular complexity index is 1200. The fourth-order valence-corrected chi connectivity index (χ4v) is 6.97. The summed E-state index contributed by atoms with van der Waals surface area (Å²) in [6, 6.07) is 12.1. The first-order chi connectivity index (χ1) is 26.5. The van der Waals surface area contributed by atoms with Gasteiger partial charge in [0.1, 0.15) is 0 Å². The van der Waals surface area contributed by atoms with Gasteiger partial charge < -0.3 is 10.2 Å². The van der Waals surface area contributed by atoms with Crippen LogP contribution in [0, 0.1) is 0 Å². The van der Waals surface area contributed by atoms with Crippen molar-refractivity contribution in [2.24, 2.45) is 0 Å². The number of nitrogens with zero attached hydrogens (tertiary/aromatic N) is 2. The van der Waals surface area contributed by atoms with Crippen LogP contribution in [0.3, 0.4) is 0 Å². The minimum Gasteiger partial charge on any atom is -0.481 e. The van der Waals surface area contributed by atoms with Gasteiger partial charge in [-0.25, -0.2) is 0 Å². The van der Waals surface area contributed by atoms with E-state index in [-0.39, 0.29) is 17.1 Å². The van der Waals surface area contributed by atoms with Gasteiger partial charge in [-0.3, -0.25) is 19.6 Å². The van der Waals surface area contributed by atoms with E-state index in [0.29, 0.717) is 12.8 Å². The maximum atomic E-state index is 10.3. The first-order valence-corrected chi connectivity index (χ1v) is 22.5. The number of aromatic nitrogens is 2. The van der Waals surface area contributed by atoms with Crippen LogP contribution in [0.5, 0.6) is 0 Å². The van der Waals surface area contributed by atoms with Crippen molar-refractivity contribution in [3.63, 3.8) is 0 Å². The molecule has 7 heteroatoms. The molecule has 2 aromatic heterocycles. The maximum absolute atomic E-state index is 10.3. The molecular weight excluding hydrogens is 723 g/mol. The predicted octanol–water partition coefficient (Wildman–Crippen LogP) is 15.4. The van der Waals surface area contributed by atoms with E-state index in [2.05, 4.69) is 48.1 Å². The Morgan fingerprint density at radius 2 is 0.636 bits per heavy atom. The molecular formula is C48H80MnN2O4. The third-order valence-corrected chi connectivity index (χ3v) is 10.3. The zero-order valence-corrected chi connectivity index (χ0v) is 36.4. The van der Waals surface area contributed by atoms with Gasteiger partial charge in [-0.1, -0.05) is 218 Å². The SMILES string of the molecule is CCCCCCCCCCCCCCCCCC(=O)O.CCCCCCCCCCCCCCCCCC(=O)O.[Mn].c1cnc2c(c1)ccc1cccnc12. The number of carboxylic acids is 2. The van der Waals surface area contributed by atoms with Crippen molar-refractivity contribution in [2.75, 3.05) is 0 Å². The molecule has 0 aliphatic carbocycles. The molecule has 55 heavy (non-hydrogen) atoms. The smallest absolute Gasteiger partial charge is 0.303 e. The predicted molar refractivity (Wildman–Crippen MR) is 231 cm³/mol. The minimum absolute atomic E-state index is 0. The summed E-state index contributed by atoms with van der Waals surface area (Å²) in [6.45, 7) is 4.54. The molecule has 3 rings (SSSR count). The average Bonchev–Trinajstić information content (AvgIpc) is 3.18. The van der Waals surface area contributed by atoms with Gasteiger partial charge in [-0.15, -0.1) is 0 Å². The Kier molecular flexibility index (Phi) is 37.9. The topological polar surface area (TPSA) is 100 Å². The Balaban J connectivity index is 0.000000797. The van der Waals surface area contributed by atoms with Crippen LogP contribution < -0.4 is 0 Å². The number of fused-ring (bicyclic) bond motifs is 3. The molecule has 0 unspecified atom stereocenters. The zero-order chi connectivity index (χ0) is 39.2. The van der Waals surface area contributed by atoms with E-state index in [4.69, 9.17) is 10.2 Å². The monoisotopic (exact) mass is 804 g/mol. The van der Waals surface area contributed by atoms with E-state index in [1.807, 2.05) is 12.1 Å². The molecule has 1 aromatic carbocycles. The number of unbranched alkanes of at least 4 members (excludes halogenated alkanes) is 28. The largest absolute Gasteiger partial charge is 0.481 e. The van der Waals surface area contributed by atoms with Crippen molar-refractivity contribution < 1.29 is 36.9 Å². The number of hydrogen-bond acceptors (Lipinski definition) is 4. The molecule has 1 radical (unpaired) electrons. The summed E-state index contributed by atoms with van der Waals surface area (Å²) >= 11 is 0. The first-order valence-electron chi connectivity index (χ1n) is 22.5. The van der Waals surface area contributed by atoms with E-state index in [1.54, 1.807) is 12.4 Å². The first kappa shape index (κ1) is 52.5. The molecule has 0 fully saturated rings. The number of carbonyl (C=O) groups is 2. The molecule has 0 aliphatic heterocycles. The molecule has 2 heterocycles. The molecule has 0 atom stereocenters. The standard InChI is InChI=1S/2C18H36O2.C12H8N2.Mn/c2*1-2-3-4-5-6-7-8-9-10-11-12-13-14-15-16-17-18(19)20;1-3-9-5-6-10-4-2-8-14-12(10)11(9)13-7-1;/h2*2-17H2,1H3,(H,19,20);1-8H;. The van der Waals surface area contributed by atoms with Crippen molar-refractivity contribution in [3.8, 4) is 0 Å². The molecule has 3 aromatic rings. The van der Waals surface area contributed by atoms with Gasteiger partial charge in [-0.05, 0) is 25.0 Å². The summed E-state index contributed by atoms with van der Waals surface area (Å²) in [5.74, 6) is -1.31. The Hall–Kier alpha value is -2.50. The van der Waals surface area contributed by atoms with Gasteiger partial charge in [0.25, 0.3) is 0 Å².